The Morgan fingerprint density at radius 3 is 2.50 bits per heavy atom. The molecule has 1 unspecified atom stereocenters. The van der Waals surface area contributed by atoms with Crippen molar-refractivity contribution in [3.8, 4) is 0 Å². The van der Waals surface area contributed by atoms with E-state index in [-0.39, 0.29) is 6.04 Å². The van der Waals surface area contributed by atoms with Gasteiger partial charge in [0.1, 0.15) is 0 Å². The van der Waals surface area contributed by atoms with Crippen molar-refractivity contribution in [1.82, 2.24) is 5.32 Å². The number of rotatable bonds is 2. The second-order valence-electron chi connectivity index (χ2n) is 3.46. The van der Waals surface area contributed by atoms with Crippen molar-refractivity contribution in [3.05, 3.63) is 0 Å². The molecule has 2 aliphatic rings. The van der Waals surface area contributed by atoms with Crippen LogP contribution in [0, 0.1) is 17.8 Å². The van der Waals surface area contributed by atoms with E-state index in [0.717, 1.165) is 17.8 Å². The summed E-state index contributed by atoms with van der Waals surface area (Å²) < 4.78 is 0. The maximum Gasteiger partial charge on any atom is 0.0198 e. The Hall–Kier alpha value is -0.120. The quantitative estimate of drug-likeness (QED) is 0.449. The molecule has 0 spiro atoms. The molecule has 3 nitrogen and oxygen atoms in total. The molecule has 1 aliphatic heterocycles. The average Bonchev–Trinajstić information content (AvgIpc) is 2.43. The fourth-order valence-corrected chi connectivity index (χ4v) is 2.26. The molecule has 1 aliphatic carbocycles. The van der Waals surface area contributed by atoms with Gasteiger partial charge in [-0.1, -0.05) is 0 Å². The zero-order valence-corrected chi connectivity index (χ0v) is 6.09. The lowest BCUT2D eigenvalue weighted by Gasteiger charge is -2.10. The predicted molar refractivity (Wildman–Crippen MR) is 40.4 cm³/mol. The molecule has 2 rings (SSSR count). The molecule has 1 saturated carbocycles. The van der Waals surface area contributed by atoms with E-state index >= 15 is 0 Å². The Kier molecular flexibility index (Phi) is 1.44. The first kappa shape index (κ1) is 6.58. The average molecular weight is 141 g/mol. The molecule has 10 heavy (non-hydrogen) atoms. The van der Waals surface area contributed by atoms with Crippen molar-refractivity contribution >= 4 is 0 Å². The van der Waals surface area contributed by atoms with Gasteiger partial charge in [0.15, 0.2) is 0 Å². The van der Waals surface area contributed by atoms with Gasteiger partial charge in [-0.05, 0) is 30.8 Å². The van der Waals surface area contributed by atoms with Crippen molar-refractivity contribution < 1.29 is 0 Å². The lowest BCUT2D eigenvalue weighted by Crippen LogP contribution is -2.35. The number of hydrogen-bond donors (Lipinski definition) is 3. The van der Waals surface area contributed by atoms with Gasteiger partial charge in [-0.3, -0.25) is 0 Å². The SMILES string of the molecule is NCC(N)[C@H]1[C@@H]2CNC[C@@H]21. The highest BCUT2D eigenvalue weighted by molar-refractivity contribution is 5.07. The maximum atomic E-state index is 5.82. The zero-order chi connectivity index (χ0) is 7.14. The molecule has 1 saturated heterocycles. The first-order chi connectivity index (χ1) is 4.84. The normalized spacial score (nSPS) is 46.8. The van der Waals surface area contributed by atoms with Crippen LogP contribution in [0.4, 0.5) is 0 Å². The van der Waals surface area contributed by atoms with Gasteiger partial charge in [-0.25, -0.2) is 0 Å². The smallest absolute Gasteiger partial charge is 0.0198 e. The lowest BCUT2D eigenvalue weighted by atomic mass is 10.1. The highest BCUT2D eigenvalue weighted by Gasteiger charge is 2.54. The highest BCUT2D eigenvalue weighted by atomic mass is 15.0. The molecule has 5 N–H and O–H groups in total. The molecule has 58 valence electrons. The second-order valence-corrected chi connectivity index (χ2v) is 3.46. The number of hydrogen-bond acceptors (Lipinski definition) is 3. The molecular weight excluding hydrogens is 126 g/mol. The van der Waals surface area contributed by atoms with E-state index in [1.165, 1.54) is 13.1 Å². The minimum absolute atomic E-state index is 0.261. The molecule has 0 aromatic rings. The summed E-state index contributed by atoms with van der Waals surface area (Å²) in [5.41, 5.74) is 11.3. The van der Waals surface area contributed by atoms with Crippen LogP contribution in [0.5, 0.6) is 0 Å². The fraction of sp³-hybridized carbons (Fsp3) is 1.00. The molecule has 0 amide bonds. The second kappa shape index (κ2) is 2.19. The summed E-state index contributed by atoms with van der Waals surface area (Å²) in [4.78, 5) is 0. The van der Waals surface area contributed by atoms with Crippen LogP contribution in [0.15, 0.2) is 0 Å². The Morgan fingerprint density at radius 1 is 1.40 bits per heavy atom. The third kappa shape index (κ3) is 0.779. The van der Waals surface area contributed by atoms with Gasteiger partial charge >= 0.3 is 0 Å². The standard InChI is InChI=1S/C7H15N3/c8-1-6(9)7-4-2-10-3-5(4)7/h4-7,10H,1-3,8-9H2/t4-,5+,6?,7+. The summed E-state index contributed by atoms with van der Waals surface area (Å²) in [6, 6.07) is 0.261. The van der Waals surface area contributed by atoms with Crippen LogP contribution in [-0.2, 0) is 0 Å². The van der Waals surface area contributed by atoms with Crippen molar-refractivity contribution in [1.29, 1.82) is 0 Å². The molecule has 1 heterocycles. The third-order valence-corrected chi connectivity index (χ3v) is 2.92. The number of piperidine rings is 1. The summed E-state index contributed by atoms with van der Waals surface area (Å²) >= 11 is 0. The number of nitrogens with two attached hydrogens (primary N) is 2. The van der Waals surface area contributed by atoms with E-state index in [4.69, 9.17) is 11.5 Å². The van der Waals surface area contributed by atoms with Crippen molar-refractivity contribution in [2.75, 3.05) is 19.6 Å². The fourth-order valence-electron chi connectivity index (χ4n) is 2.26. The molecule has 0 radical (unpaired) electrons. The topological polar surface area (TPSA) is 64.1 Å². The van der Waals surface area contributed by atoms with Gasteiger partial charge in [0.05, 0.1) is 0 Å². The number of fused-ring (bicyclic) bond motifs is 1. The first-order valence-electron chi connectivity index (χ1n) is 4.01. The predicted octanol–water partition coefficient (Wildman–Crippen LogP) is -1.26. The van der Waals surface area contributed by atoms with E-state index in [1.54, 1.807) is 0 Å². The van der Waals surface area contributed by atoms with Crippen LogP contribution in [-0.4, -0.2) is 25.7 Å². The monoisotopic (exact) mass is 141 g/mol. The van der Waals surface area contributed by atoms with E-state index in [1.807, 2.05) is 0 Å². The third-order valence-electron chi connectivity index (χ3n) is 2.92. The van der Waals surface area contributed by atoms with Gasteiger partial charge in [0.2, 0.25) is 0 Å². The zero-order valence-electron chi connectivity index (χ0n) is 6.09. The highest BCUT2D eigenvalue weighted by Crippen LogP contribution is 2.49. The van der Waals surface area contributed by atoms with Gasteiger partial charge < -0.3 is 16.8 Å². The minimum atomic E-state index is 0.261. The van der Waals surface area contributed by atoms with E-state index < -0.39 is 0 Å². The summed E-state index contributed by atoms with van der Waals surface area (Å²) in [5, 5.41) is 3.33. The molecule has 2 fully saturated rings. The summed E-state index contributed by atoms with van der Waals surface area (Å²) in [5.74, 6) is 2.46. The van der Waals surface area contributed by atoms with Crippen LogP contribution in [0.3, 0.4) is 0 Å². The Labute approximate surface area is 61.1 Å². The minimum Gasteiger partial charge on any atom is -0.329 e. The van der Waals surface area contributed by atoms with Gasteiger partial charge in [0, 0.05) is 12.6 Å². The molecule has 0 bridgehead atoms. The maximum absolute atomic E-state index is 5.82. The van der Waals surface area contributed by atoms with Crippen LogP contribution in [0.2, 0.25) is 0 Å². The van der Waals surface area contributed by atoms with Gasteiger partial charge in [-0.15, -0.1) is 0 Å². The van der Waals surface area contributed by atoms with Crippen molar-refractivity contribution in [2.24, 2.45) is 29.2 Å². The van der Waals surface area contributed by atoms with Gasteiger partial charge in [-0.2, -0.15) is 0 Å². The Balaban J connectivity index is 1.88. The van der Waals surface area contributed by atoms with Crippen LogP contribution >= 0.6 is 0 Å². The van der Waals surface area contributed by atoms with E-state index in [9.17, 15) is 0 Å². The largest absolute Gasteiger partial charge is 0.329 e. The van der Waals surface area contributed by atoms with Crippen LogP contribution in [0.25, 0.3) is 0 Å². The van der Waals surface area contributed by atoms with Gasteiger partial charge in [0.25, 0.3) is 0 Å². The Morgan fingerprint density at radius 2 is 2.00 bits per heavy atom. The molecule has 3 heteroatoms. The molecule has 0 aromatic heterocycles. The van der Waals surface area contributed by atoms with Crippen molar-refractivity contribution in [2.45, 2.75) is 6.04 Å². The molecular formula is C7H15N3. The van der Waals surface area contributed by atoms with E-state index in [0.29, 0.717) is 6.54 Å². The van der Waals surface area contributed by atoms with Crippen molar-refractivity contribution in [3.63, 3.8) is 0 Å². The molecule has 4 atom stereocenters. The summed E-state index contributed by atoms with van der Waals surface area (Å²) in [7, 11) is 0. The lowest BCUT2D eigenvalue weighted by molar-refractivity contribution is 0.499. The summed E-state index contributed by atoms with van der Waals surface area (Å²) in [6.07, 6.45) is 0. The molecule has 0 aromatic carbocycles. The number of nitrogens with one attached hydrogen (secondary N) is 1. The van der Waals surface area contributed by atoms with Crippen LogP contribution < -0.4 is 16.8 Å². The Bertz CT molecular complexity index is 124. The van der Waals surface area contributed by atoms with E-state index in [2.05, 4.69) is 5.32 Å². The van der Waals surface area contributed by atoms with Crippen LogP contribution in [0.1, 0.15) is 0 Å². The first-order valence-corrected chi connectivity index (χ1v) is 4.01. The summed E-state index contributed by atoms with van der Waals surface area (Å²) in [6.45, 7) is 2.99.